The summed E-state index contributed by atoms with van der Waals surface area (Å²) >= 11 is 0. The molecule has 3 atom stereocenters. The highest BCUT2D eigenvalue weighted by Gasteiger charge is 2.57. The van der Waals surface area contributed by atoms with Gasteiger partial charge in [-0.2, -0.15) is 5.06 Å². The van der Waals surface area contributed by atoms with Crippen LogP contribution in [-0.4, -0.2) is 29.4 Å². The third-order valence-corrected chi connectivity index (χ3v) is 4.08. The van der Waals surface area contributed by atoms with Gasteiger partial charge in [0.1, 0.15) is 0 Å². The van der Waals surface area contributed by atoms with E-state index in [1.165, 1.54) is 5.56 Å². The van der Waals surface area contributed by atoms with Crippen molar-refractivity contribution in [3.05, 3.63) is 35.9 Å². The summed E-state index contributed by atoms with van der Waals surface area (Å²) in [4.78, 5) is 5.50. The second-order valence-corrected chi connectivity index (χ2v) is 4.78. The fraction of sp³-hybridized carbons (Fsp3) is 0.538. The number of rotatable bonds is 2. The third kappa shape index (κ3) is 1.19. The van der Waals surface area contributed by atoms with Gasteiger partial charge in [-0.15, -0.1) is 0 Å². The van der Waals surface area contributed by atoms with E-state index in [2.05, 4.69) is 24.3 Å². The van der Waals surface area contributed by atoms with Crippen LogP contribution in [0.2, 0.25) is 0 Å². The number of aliphatic hydroxyl groups is 1. The third-order valence-electron chi connectivity index (χ3n) is 4.08. The molecule has 86 valence electrons. The van der Waals surface area contributed by atoms with Gasteiger partial charge in [0.25, 0.3) is 0 Å². The van der Waals surface area contributed by atoms with Gasteiger partial charge in [0.15, 0.2) is 0 Å². The summed E-state index contributed by atoms with van der Waals surface area (Å²) in [6, 6.07) is 10.6. The zero-order valence-electron chi connectivity index (χ0n) is 9.47. The fourth-order valence-corrected chi connectivity index (χ4v) is 3.40. The summed E-state index contributed by atoms with van der Waals surface area (Å²) < 4.78 is 0. The zero-order chi connectivity index (χ0) is 11.2. The van der Waals surface area contributed by atoms with Gasteiger partial charge in [0.05, 0.1) is 24.8 Å². The summed E-state index contributed by atoms with van der Waals surface area (Å²) in [5.74, 6) is 0. The molecule has 3 unspecified atom stereocenters. The van der Waals surface area contributed by atoms with Crippen molar-refractivity contribution < 1.29 is 9.94 Å². The maximum atomic E-state index is 10.0. The van der Waals surface area contributed by atoms with E-state index >= 15 is 0 Å². The van der Waals surface area contributed by atoms with Gasteiger partial charge in [-0.3, -0.25) is 0 Å². The van der Waals surface area contributed by atoms with Crippen LogP contribution in [-0.2, 0) is 10.4 Å². The van der Waals surface area contributed by atoms with E-state index < -0.39 is 0 Å². The molecule has 2 aliphatic rings. The average Bonchev–Trinajstić information content (AvgIpc) is 2.82. The molecule has 2 aliphatic heterocycles. The maximum absolute atomic E-state index is 10.0. The SMILES string of the molecule is CON1C2CCC1(c1ccccc1)CC2O. The molecule has 0 aliphatic carbocycles. The monoisotopic (exact) mass is 219 g/mol. The molecular weight excluding hydrogens is 202 g/mol. The molecule has 2 fully saturated rings. The Kier molecular flexibility index (Phi) is 2.28. The van der Waals surface area contributed by atoms with E-state index in [4.69, 9.17) is 4.84 Å². The van der Waals surface area contributed by atoms with Crippen LogP contribution in [0.5, 0.6) is 0 Å². The van der Waals surface area contributed by atoms with Crippen molar-refractivity contribution in [1.29, 1.82) is 0 Å². The Balaban J connectivity index is 2.04. The number of nitrogens with zero attached hydrogens (tertiary/aromatic N) is 1. The molecule has 2 saturated heterocycles. The highest BCUT2D eigenvalue weighted by atomic mass is 16.7. The van der Waals surface area contributed by atoms with E-state index in [9.17, 15) is 5.11 Å². The minimum atomic E-state index is -0.256. The molecule has 3 nitrogen and oxygen atoms in total. The normalized spacial score (nSPS) is 38.1. The topological polar surface area (TPSA) is 32.7 Å². The first-order valence-corrected chi connectivity index (χ1v) is 5.85. The lowest BCUT2D eigenvalue weighted by Gasteiger charge is -2.33. The first-order valence-electron chi connectivity index (χ1n) is 5.85. The number of benzene rings is 1. The molecule has 1 aromatic rings. The van der Waals surface area contributed by atoms with Crippen LogP contribution in [0.3, 0.4) is 0 Å². The van der Waals surface area contributed by atoms with Gasteiger partial charge < -0.3 is 9.94 Å². The standard InChI is InChI=1S/C13H17NO2/c1-16-14-11-7-8-13(14,9-12(11)15)10-5-3-2-4-6-10/h2-6,11-12,15H,7-9H2,1H3. The highest BCUT2D eigenvalue weighted by molar-refractivity contribution is 5.29. The van der Waals surface area contributed by atoms with Crippen LogP contribution < -0.4 is 0 Å². The van der Waals surface area contributed by atoms with E-state index in [-0.39, 0.29) is 17.7 Å². The highest BCUT2D eigenvalue weighted by Crippen LogP contribution is 2.52. The predicted octanol–water partition coefficient (Wildman–Crippen LogP) is 1.67. The number of aliphatic hydroxyl groups excluding tert-OH is 1. The minimum absolute atomic E-state index is 0.0971. The van der Waals surface area contributed by atoms with E-state index in [0.29, 0.717) is 0 Å². The van der Waals surface area contributed by atoms with Crippen molar-refractivity contribution in [2.24, 2.45) is 0 Å². The molecule has 3 heteroatoms. The zero-order valence-corrected chi connectivity index (χ0v) is 9.47. The quantitative estimate of drug-likeness (QED) is 0.821. The van der Waals surface area contributed by atoms with E-state index in [0.717, 1.165) is 19.3 Å². The van der Waals surface area contributed by atoms with Gasteiger partial charge in [0, 0.05) is 0 Å². The Morgan fingerprint density at radius 3 is 2.75 bits per heavy atom. The lowest BCUT2D eigenvalue weighted by molar-refractivity contribution is -0.187. The summed E-state index contributed by atoms with van der Waals surface area (Å²) in [5, 5.41) is 12.0. The van der Waals surface area contributed by atoms with Crippen molar-refractivity contribution in [1.82, 2.24) is 5.06 Å². The predicted molar refractivity (Wildman–Crippen MR) is 60.6 cm³/mol. The maximum Gasteiger partial charge on any atom is 0.0741 e. The summed E-state index contributed by atoms with van der Waals surface area (Å²) in [6.07, 6.45) is 2.63. The number of hydrogen-bond acceptors (Lipinski definition) is 3. The molecule has 1 N–H and O–H groups in total. The van der Waals surface area contributed by atoms with Gasteiger partial charge in [-0.25, -0.2) is 0 Å². The minimum Gasteiger partial charge on any atom is -0.391 e. The number of fused-ring (bicyclic) bond motifs is 2. The van der Waals surface area contributed by atoms with Gasteiger partial charge in [-0.05, 0) is 24.8 Å². The second kappa shape index (κ2) is 3.55. The summed E-state index contributed by atoms with van der Waals surface area (Å²) in [5.41, 5.74) is 1.16. The lowest BCUT2D eigenvalue weighted by atomic mass is 9.81. The van der Waals surface area contributed by atoms with Crippen LogP contribution in [0.4, 0.5) is 0 Å². The molecule has 0 radical (unpaired) electrons. The Labute approximate surface area is 95.6 Å². The molecule has 0 saturated carbocycles. The molecule has 2 heterocycles. The molecule has 1 aromatic carbocycles. The van der Waals surface area contributed by atoms with Crippen molar-refractivity contribution >= 4 is 0 Å². The van der Waals surface area contributed by atoms with Crippen LogP contribution in [0.25, 0.3) is 0 Å². The van der Waals surface area contributed by atoms with Gasteiger partial charge in [0.2, 0.25) is 0 Å². The van der Waals surface area contributed by atoms with Crippen LogP contribution in [0.1, 0.15) is 24.8 Å². The van der Waals surface area contributed by atoms with E-state index in [1.807, 2.05) is 11.1 Å². The van der Waals surface area contributed by atoms with Gasteiger partial charge in [-0.1, -0.05) is 30.3 Å². The number of hydroxylamine groups is 2. The van der Waals surface area contributed by atoms with Crippen LogP contribution >= 0.6 is 0 Å². The molecule has 2 bridgehead atoms. The smallest absolute Gasteiger partial charge is 0.0741 e. The molecule has 0 amide bonds. The lowest BCUT2D eigenvalue weighted by Crippen LogP contribution is -2.37. The summed E-state index contributed by atoms with van der Waals surface area (Å²) in [6.45, 7) is 0. The Bertz CT molecular complexity index is 381. The molecule has 0 spiro atoms. The van der Waals surface area contributed by atoms with E-state index in [1.54, 1.807) is 7.11 Å². The van der Waals surface area contributed by atoms with Gasteiger partial charge >= 0.3 is 0 Å². The number of hydrogen-bond donors (Lipinski definition) is 1. The van der Waals surface area contributed by atoms with Crippen molar-refractivity contribution in [3.63, 3.8) is 0 Å². The van der Waals surface area contributed by atoms with Crippen LogP contribution in [0.15, 0.2) is 30.3 Å². The first kappa shape index (κ1) is 10.3. The first-order chi connectivity index (χ1) is 7.78. The largest absolute Gasteiger partial charge is 0.391 e. The average molecular weight is 219 g/mol. The summed E-state index contributed by atoms with van der Waals surface area (Å²) in [7, 11) is 1.70. The van der Waals surface area contributed by atoms with Crippen LogP contribution in [0, 0.1) is 0 Å². The molecule has 3 rings (SSSR count). The molecular formula is C13H17NO2. The van der Waals surface area contributed by atoms with Crippen molar-refractivity contribution in [2.45, 2.75) is 36.9 Å². The fourth-order valence-electron chi connectivity index (χ4n) is 3.40. The Morgan fingerprint density at radius 1 is 1.38 bits per heavy atom. The molecule has 0 aromatic heterocycles. The Hall–Kier alpha value is -0.900. The molecule has 16 heavy (non-hydrogen) atoms. The second-order valence-electron chi connectivity index (χ2n) is 4.78. The van der Waals surface area contributed by atoms with Crippen molar-refractivity contribution in [3.8, 4) is 0 Å². The Morgan fingerprint density at radius 2 is 2.12 bits per heavy atom. The van der Waals surface area contributed by atoms with Crippen molar-refractivity contribution in [2.75, 3.05) is 7.11 Å².